The molecule has 0 atom stereocenters. The van der Waals surface area contributed by atoms with Crippen molar-refractivity contribution in [1.29, 1.82) is 0 Å². The van der Waals surface area contributed by atoms with Gasteiger partial charge in [-0.05, 0) is 67.9 Å². The predicted molar refractivity (Wildman–Crippen MR) is 132 cm³/mol. The second-order valence-electron chi connectivity index (χ2n) is 7.88. The van der Waals surface area contributed by atoms with E-state index in [1.807, 2.05) is 26.0 Å². The summed E-state index contributed by atoms with van der Waals surface area (Å²) in [5.74, 6) is -1.69. The maximum atomic E-state index is 12.3. The standard InChI is InChI=1S/C27H24ClNO6/c1-17-3-6-20(7-4-17)27(33)35-22-11-8-19(9-12-22)24(30)16-34-26(32)14-13-25(31)29-21-10-5-18(2)23(28)15-21/h3-12,15H,13-14,16H2,1-2H3,(H,29,31). The number of Topliss-reactive ketones (excluding diaryl/α,β-unsaturated/α-hetero) is 1. The van der Waals surface area contributed by atoms with Gasteiger partial charge in [-0.25, -0.2) is 4.79 Å². The first kappa shape index (κ1) is 25.6. The van der Waals surface area contributed by atoms with Crippen LogP contribution in [0.3, 0.4) is 0 Å². The number of anilines is 1. The van der Waals surface area contributed by atoms with Crippen LogP contribution in [0.4, 0.5) is 5.69 Å². The highest BCUT2D eigenvalue weighted by molar-refractivity contribution is 6.31. The van der Waals surface area contributed by atoms with Crippen molar-refractivity contribution in [2.24, 2.45) is 0 Å². The van der Waals surface area contributed by atoms with Crippen LogP contribution in [0, 0.1) is 13.8 Å². The number of carbonyl (C=O) groups is 4. The van der Waals surface area contributed by atoms with Gasteiger partial charge < -0.3 is 14.8 Å². The van der Waals surface area contributed by atoms with Crippen LogP contribution in [0.1, 0.15) is 44.7 Å². The van der Waals surface area contributed by atoms with Gasteiger partial charge in [0.1, 0.15) is 5.75 Å². The van der Waals surface area contributed by atoms with E-state index in [0.717, 1.165) is 11.1 Å². The minimum absolute atomic E-state index is 0.0977. The molecule has 0 saturated carbocycles. The third kappa shape index (κ3) is 7.79. The summed E-state index contributed by atoms with van der Waals surface area (Å²) >= 11 is 6.03. The number of carbonyl (C=O) groups excluding carboxylic acids is 4. The quantitative estimate of drug-likeness (QED) is 0.246. The Morgan fingerprint density at radius 2 is 1.49 bits per heavy atom. The fourth-order valence-electron chi connectivity index (χ4n) is 2.98. The molecular weight excluding hydrogens is 470 g/mol. The second-order valence-corrected chi connectivity index (χ2v) is 8.28. The molecule has 1 amide bonds. The van der Waals surface area contributed by atoms with E-state index in [2.05, 4.69) is 5.32 Å². The smallest absolute Gasteiger partial charge is 0.343 e. The molecule has 0 aliphatic heterocycles. The molecule has 0 aliphatic rings. The van der Waals surface area contributed by atoms with Crippen molar-refractivity contribution < 1.29 is 28.7 Å². The molecule has 0 saturated heterocycles. The lowest BCUT2D eigenvalue weighted by molar-refractivity contribution is -0.143. The summed E-state index contributed by atoms with van der Waals surface area (Å²) in [4.78, 5) is 48.4. The third-order valence-electron chi connectivity index (χ3n) is 5.05. The monoisotopic (exact) mass is 493 g/mol. The van der Waals surface area contributed by atoms with Crippen LogP contribution in [0.5, 0.6) is 5.75 Å². The molecule has 8 heteroatoms. The van der Waals surface area contributed by atoms with E-state index in [0.29, 0.717) is 21.8 Å². The molecule has 0 radical (unpaired) electrons. The van der Waals surface area contributed by atoms with Crippen molar-refractivity contribution in [2.75, 3.05) is 11.9 Å². The van der Waals surface area contributed by atoms with Gasteiger partial charge >= 0.3 is 11.9 Å². The summed E-state index contributed by atoms with van der Waals surface area (Å²) in [5, 5.41) is 3.18. The molecule has 180 valence electrons. The Morgan fingerprint density at radius 3 is 2.14 bits per heavy atom. The van der Waals surface area contributed by atoms with Crippen LogP contribution >= 0.6 is 11.6 Å². The molecular formula is C27H24ClNO6. The zero-order valence-electron chi connectivity index (χ0n) is 19.3. The highest BCUT2D eigenvalue weighted by atomic mass is 35.5. The van der Waals surface area contributed by atoms with E-state index in [9.17, 15) is 19.2 Å². The van der Waals surface area contributed by atoms with Gasteiger partial charge in [0.2, 0.25) is 5.91 Å². The van der Waals surface area contributed by atoms with E-state index >= 15 is 0 Å². The minimum atomic E-state index is -0.668. The largest absolute Gasteiger partial charge is 0.457 e. The Labute approximate surface area is 208 Å². The molecule has 3 aromatic rings. The van der Waals surface area contributed by atoms with Crippen LogP contribution in [0.15, 0.2) is 66.7 Å². The number of halogens is 1. The molecule has 0 aliphatic carbocycles. The summed E-state index contributed by atoms with van der Waals surface area (Å²) in [6.45, 7) is 3.31. The molecule has 35 heavy (non-hydrogen) atoms. The van der Waals surface area contributed by atoms with Gasteiger partial charge in [0.25, 0.3) is 0 Å². The van der Waals surface area contributed by atoms with Crippen LogP contribution in [-0.2, 0) is 14.3 Å². The van der Waals surface area contributed by atoms with E-state index in [4.69, 9.17) is 21.1 Å². The van der Waals surface area contributed by atoms with Crippen LogP contribution in [-0.4, -0.2) is 30.2 Å². The molecule has 0 unspecified atom stereocenters. The normalized spacial score (nSPS) is 10.4. The minimum Gasteiger partial charge on any atom is -0.457 e. The lowest BCUT2D eigenvalue weighted by Gasteiger charge is -2.08. The van der Waals surface area contributed by atoms with E-state index in [1.54, 1.807) is 30.3 Å². The van der Waals surface area contributed by atoms with Gasteiger partial charge in [-0.3, -0.25) is 14.4 Å². The SMILES string of the molecule is Cc1ccc(C(=O)Oc2ccc(C(=O)COC(=O)CCC(=O)Nc3ccc(C)c(Cl)c3)cc2)cc1. The number of hydrogen-bond donors (Lipinski definition) is 1. The Morgan fingerprint density at radius 1 is 0.829 bits per heavy atom. The summed E-state index contributed by atoms with van der Waals surface area (Å²) in [5.41, 5.74) is 3.15. The van der Waals surface area contributed by atoms with Crippen molar-refractivity contribution in [3.05, 3.63) is 94.0 Å². The topological polar surface area (TPSA) is 98.8 Å². The van der Waals surface area contributed by atoms with Gasteiger partial charge in [-0.2, -0.15) is 0 Å². The first-order valence-corrected chi connectivity index (χ1v) is 11.2. The summed E-state index contributed by atoms with van der Waals surface area (Å²) in [6.07, 6.45) is -0.272. The molecule has 1 N–H and O–H groups in total. The second kappa shape index (κ2) is 11.9. The molecule has 7 nitrogen and oxygen atoms in total. The molecule has 3 aromatic carbocycles. The van der Waals surface area contributed by atoms with Crippen LogP contribution in [0.2, 0.25) is 5.02 Å². The molecule has 0 bridgehead atoms. The molecule has 0 spiro atoms. The highest BCUT2D eigenvalue weighted by Gasteiger charge is 2.14. The Hall–Kier alpha value is -3.97. The number of esters is 2. The number of benzene rings is 3. The van der Waals surface area contributed by atoms with Crippen molar-refractivity contribution in [3.8, 4) is 5.75 Å². The number of ketones is 1. The first-order chi connectivity index (χ1) is 16.7. The van der Waals surface area contributed by atoms with Gasteiger partial charge in [0.05, 0.1) is 12.0 Å². The predicted octanol–water partition coefficient (Wildman–Crippen LogP) is 5.32. The molecule has 3 rings (SSSR count). The Balaban J connectivity index is 1.41. The van der Waals surface area contributed by atoms with Gasteiger partial charge in [0, 0.05) is 22.7 Å². The maximum absolute atomic E-state index is 12.3. The number of amides is 1. The summed E-state index contributed by atoms with van der Waals surface area (Å²) in [6, 6.07) is 18.0. The van der Waals surface area contributed by atoms with E-state index in [1.165, 1.54) is 24.3 Å². The number of nitrogens with one attached hydrogen (secondary N) is 1. The van der Waals surface area contributed by atoms with Crippen LogP contribution in [0.25, 0.3) is 0 Å². The third-order valence-corrected chi connectivity index (χ3v) is 5.46. The molecule has 0 heterocycles. The number of ether oxygens (including phenoxy) is 2. The maximum Gasteiger partial charge on any atom is 0.343 e. The van der Waals surface area contributed by atoms with Gasteiger partial charge in [-0.15, -0.1) is 0 Å². The number of rotatable bonds is 9. The summed E-state index contributed by atoms with van der Waals surface area (Å²) in [7, 11) is 0. The Kier molecular flexibility index (Phi) is 8.75. The fourth-order valence-corrected chi connectivity index (χ4v) is 3.16. The van der Waals surface area contributed by atoms with Crippen molar-refractivity contribution in [2.45, 2.75) is 26.7 Å². The summed E-state index contributed by atoms with van der Waals surface area (Å²) < 4.78 is 10.3. The molecule has 0 aromatic heterocycles. The zero-order chi connectivity index (χ0) is 25.4. The van der Waals surface area contributed by atoms with Crippen LogP contribution < -0.4 is 10.1 Å². The fraction of sp³-hybridized carbons (Fsp3) is 0.185. The average Bonchev–Trinajstić information content (AvgIpc) is 2.84. The lowest BCUT2D eigenvalue weighted by Crippen LogP contribution is -2.17. The first-order valence-electron chi connectivity index (χ1n) is 10.8. The van der Waals surface area contributed by atoms with Crippen molar-refractivity contribution in [3.63, 3.8) is 0 Å². The highest BCUT2D eigenvalue weighted by Crippen LogP contribution is 2.20. The average molecular weight is 494 g/mol. The van der Waals surface area contributed by atoms with Gasteiger partial charge in [0.15, 0.2) is 12.4 Å². The van der Waals surface area contributed by atoms with Gasteiger partial charge in [-0.1, -0.05) is 35.4 Å². The van der Waals surface area contributed by atoms with E-state index < -0.39 is 24.3 Å². The molecule has 0 fully saturated rings. The van der Waals surface area contributed by atoms with E-state index in [-0.39, 0.29) is 24.5 Å². The van der Waals surface area contributed by atoms with Crippen molar-refractivity contribution >= 4 is 40.9 Å². The Bertz CT molecular complexity index is 1240. The number of hydrogen-bond acceptors (Lipinski definition) is 6. The zero-order valence-corrected chi connectivity index (χ0v) is 20.1. The number of aryl methyl sites for hydroxylation is 2. The lowest BCUT2D eigenvalue weighted by atomic mass is 10.1. The van der Waals surface area contributed by atoms with Crippen molar-refractivity contribution in [1.82, 2.24) is 0 Å².